The van der Waals surface area contributed by atoms with Crippen LogP contribution in [0.15, 0.2) is 47.3 Å². The highest BCUT2D eigenvalue weighted by Crippen LogP contribution is 2.18. The molecule has 8 nitrogen and oxygen atoms in total. The SMILES string of the molecule is CC(=O)Nc1cccc(-n2c(N)nc3ccc(C(=O)O)cc3c2=O)c1. The van der Waals surface area contributed by atoms with Crippen molar-refractivity contribution in [3.63, 3.8) is 0 Å². The van der Waals surface area contributed by atoms with Gasteiger partial charge >= 0.3 is 5.97 Å². The number of carboxylic acid groups (broad SMARTS) is 1. The number of hydrogen-bond acceptors (Lipinski definition) is 5. The van der Waals surface area contributed by atoms with Crippen molar-refractivity contribution in [1.82, 2.24) is 9.55 Å². The highest BCUT2D eigenvalue weighted by atomic mass is 16.4. The van der Waals surface area contributed by atoms with Crippen LogP contribution in [-0.2, 0) is 4.79 Å². The van der Waals surface area contributed by atoms with Gasteiger partial charge in [-0.2, -0.15) is 0 Å². The molecule has 0 aliphatic rings. The van der Waals surface area contributed by atoms with Crippen molar-refractivity contribution in [3.05, 3.63) is 58.4 Å². The Morgan fingerprint density at radius 2 is 1.96 bits per heavy atom. The first kappa shape index (κ1) is 16.2. The van der Waals surface area contributed by atoms with E-state index in [2.05, 4.69) is 10.3 Å². The van der Waals surface area contributed by atoms with Crippen molar-refractivity contribution >= 4 is 34.4 Å². The molecule has 0 bridgehead atoms. The second-order valence-corrected chi connectivity index (χ2v) is 5.38. The van der Waals surface area contributed by atoms with E-state index >= 15 is 0 Å². The third-order valence-corrected chi connectivity index (χ3v) is 3.57. The molecule has 126 valence electrons. The van der Waals surface area contributed by atoms with E-state index < -0.39 is 11.5 Å². The molecule has 0 atom stereocenters. The molecule has 0 unspecified atom stereocenters. The van der Waals surface area contributed by atoms with E-state index in [1.54, 1.807) is 24.3 Å². The van der Waals surface area contributed by atoms with E-state index in [9.17, 15) is 14.4 Å². The second kappa shape index (κ2) is 6.08. The Morgan fingerprint density at radius 1 is 1.20 bits per heavy atom. The monoisotopic (exact) mass is 338 g/mol. The largest absolute Gasteiger partial charge is 0.478 e. The molecule has 4 N–H and O–H groups in total. The summed E-state index contributed by atoms with van der Waals surface area (Å²) in [5, 5.41) is 11.9. The summed E-state index contributed by atoms with van der Waals surface area (Å²) in [5.74, 6) is -1.43. The van der Waals surface area contributed by atoms with Gasteiger partial charge in [-0.1, -0.05) is 6.07 Å². The van der Waals surface area contributed by atoms with Crippen LogP contribution < -0.4 is 16.6 Å². The molecule has 0 aliphatic carbocycles. The number of carbonyl (C=O) groups is 2. The first-order valence-corrected chi connectivity index (χ1v) is 7.30. The van der Waals surface area contributed by atoms with Gasteiger partial charge in [0.2, 0.25) is 11.9 Å². The quantitative estimate of drug-likeness (QED) is 0.666. The minimum atomic E-state index is -1.14. The first-order chi connectivity index (χ1) is 11.9. The fourth-order valence-electron chi connectivity index (χ4n) is 2.51. The minimum absolute atomic E-state index is 0.0188. The van der Waals surface area contributed by atoms with Crippen LogP contribution in [0.25, 0.3) is 16.6 Å². The van der Waals surface area contributed by atoms with Crippen LogP contribution in [0, 0.1) is 0 Å². The van der Waals surface area contributed by atoms with Gasteiger partial charge < -0.3 is 16.2 Å². The van der Waals surface area contributed by atoms with Crippen molar-refractivity contribution < 1.29 is 14.7 Å². The Labute approximate surface area is 141 Å². The van der Waals surface area contributed by atoms with Crippen molar-refractivity contribution in [1.29, 1.82) is 0 Å². The molecular formula is C17H14N4O4. The number of fused-ring (bicyclic) bond motifs is 1. The van der Waals surface area contributed by atoms with Crippen molar-refractivity contribution in [2.24, 2.45) is 0 Å². The lowest BCUT2D eigenvalue weighted by atomic mass is 10.1. The number of aromatic nitrogens is 2. The summed E-state index contributed by atoms with van der Waals surface area (Å²) in [4.78, 5) is 39.3. The summed E-state index contributed by atoms with van der Waals surface area (Å²) < 4.78 is 1.17. The van der Waals surface area contributed by atoms with Crippen molar-refractivity contribution in [2.45, 2.75) is 6.92 Å². The van der Waals surface area contributed by atoms with Gasteiger partial charge in [-0.05, 0) is 36.4 Å². The number of rotatable bonds is 3. The molecule has 0 saturated carbocycles. The van der Waals surface area contributed by atoms with E-state index in [4.69, 9.17) is 10.8 Å². The Morgan fingerprint density at radius 3 is 2.64 bits per heavy atom. The highest BCUT2D eigenvalue weighted by Gasteiger charge is 2.13. The number of carbonyl (C=O) groups excluding carboxylic acids is 1. The number of nitrogen functional groups attached to an aromatic ring is 1. The second-order valence-electron chi connectivity index (χ2n) is 5.38. The summed E-state index contributed by atoms with van der Waals surface area (Å²) in [5.41, 5.74) is 6.61. The lowest BCUT2D eigenvalue weighted by Gasteiger charge is -2.12. The average molecular weight is 338 g/mol. The molecule has 0 saturated heterocycles. The molecule has 1 amide bonds. The number of aromatic carboxylic acids is 1. The van der Waals surface area contributed by atoms with Gasteiger partial charge in [0, 0.05) is 12.6 Å². The maximum atomic E-state index is 12.8. The number of nitrogens with one attached hydrogen (secondary N) is 1. The summed E-state index contributed by atoms with van der Waals surface area (Å²) in [6, 6.07) is 10.6. The molecule has 0 spiro atoms. The normalized spacial score (nSPS) is 10.6. The molecule has 1 heterocycles. The molecule has 0 fully saturated rings. The van der Waals surface area contributed by atoms with Crippen LogP contribution in [0.2, 0.25) is 0 Å². The summed E-state index contributed by atoms with van der Waals surface area (Å²) in [6.07, 6.45) is 0. The van der Waals surface area contributed by atoms with Crippen LogP contribution in [0.1, 0.15) is 17.3 Å². The highest BCUT2D eigenvalue weighted by molar-refractivity contribution is 5.93. The Kier molecular flexibility index (Phi) is 3.94. The summed E-state index contributed by atoms with van der Waals surface area (Å²) in [6.45, 7) is 1.37. The zero-order chi connectivity index (χ0) is 18.1. The Balaban J connectivity index is 2.24. The summed E-state index contributed by atoms with van der Waals surface area (Å²) in [7, 11) is 0. The topological polar surface area (TPSA) is 127 Å². The average Bonchev–Trinajstić information content (AvgIpc) is 2.54. The van der Waals surface area contributed by atoms with E-state index in [1.807, 2.05) is 0 Å². The van der Waals surface area contributed by atoms with Gasteiger partial charge in [0.05, 0.1) is 22.2 Å². The maximum Gasteiger partial charge on any atom is 0.335 e. The predicted molar refractivity (Wildman–Crippen MR) is 93.0 cm³/mol. The third-order valence-electron chi connectivity index (χ3n) is 3.57. The number of anilines is 2. The predicted octanol–water partition coefficient (Wildman–Crippen LogP) is 1.62. The van der Waals surface area contributed by atoms with Crippen molar-refractivity contribution in [2.75, 3.05) is 11.1 Å². The first-order valence-electron chi connectivity index (χ1n) is 7.30. The van der Waals surface area contributed by atoms with Crippen LogP contribution in [0.5, 0.6) is 0 Å². The standard InChI is InChI=1S/C17H14N4O4/c1-9(22)19-11-3-2-4-12(8-11)21-15(23)13-7-10(16(24)25)5-6-14(13)20-17(21)18/h2-8H,1H3,(H2,18,20)(H,19,22)(H,24,25). The number of nitrogens with two attached hydrogens (primary N) is 1. The molecule has 8 heteroatoms. The number of amides is 1. The number of carboxylic acids is 1. The Bertz CT molecular complexity index is 1070. The zero-order valence-corrected chi connectivity index (χ0v) is 13.2. The molecule has 25 heavy (non-hydrogen) atoms. The fraction of sp³-hybridized carbons (Fsp3) is 0.0588. The third kappa shape index (κ3) is 3.05. The van der Waals surface area contributed by atoms with Gasteiger partial charge in [0.15, 0.2) is 0 Å². The zero-order valence-electron chi connectivity index (χ0n) is 13.2. The molecule has 0 radical (unpaired) electrons. The van der Waals surface area contributed by atoms with Crippen LogP contribution >= 0.6 is 0 Å². The maximum absolute atomic E-state index is 12.8. The van der Waals surface area contributed by atoms with Gasteiger partial charge in [0.1, 0.15) is 0 Å². The molecule has 3 rings (SSSR count). The van der Waals surface area contributed by atoms with E-state index in [1.165, 1.54) is 29.7 Å². The van der Waals surface area contributed by atoms with E-state index in [0.29, 0.717) is 16.9 Å². The number of benzene rings is 2. The van der Waals surface area contributed by atoms with E-state index in [-0.39, 0.29) is 22.8 Å². The van der Waals surface area contributed by atoms with Gasteiger partial charge in [-0.15, -0.1) is 0 Å². The minimum Gasteiger partial charge on any atom is -0.478 e. The van der Waals surface area contributed by atoms with Gasteiger partial charge in [-0.3, -0.25) is 9.59 Å². The van der Waals surface area contributed by atoms with Crippen LogP contribution in [0.4, 0.5) is 11.6 Å². The smallest absolute Gasteiger partial charge is 0.335 e. The molecule has 2 aromatic carbocycles. The lowest BCUT2D eigenvalue weighted by Crippen LogP contribution is -2.23. The number of nitrogens with zero attached hydrogens (tertiary/aromatic N) is 2. The van der Waals surface area contributed by atoms with E-state index in [0.717, 1.165) is 0 Å². The summed E-state index contributed by atoms with van der Waals surface area (Å²) >= 11 is 0. The lowest BCUT2D eigenvalue weighted by molar-refractivity contribution is -0.114. The molecule has 0 aliphatic heterocycles. The fourth-order valence-corrected chi connectivity index (χ4v) is 2.51. The molecule has 1 aromatic heterocycles. The van der Waals surface area contributed by atoms with Crippen LogP contribution in [0.3, 0.4) is 0 Å². The van der Waals surface area contributed by atoms with Gasteiger partial charge in [0.25, 0.3) is 5.56 Å². The van der Waals surface area contributed by atoms with Crippen LogP contribution in [-0.4, -0.2) is 26.5 Å². The number of hydrogen-bond donors (Lipinski definition) is 3. The Hall–Kier alpha value is -3.68. The molecule has 3 aromatic rings. The van der Waals surface area contributed by atoms with Gasteiger partial charge in [-0.25, -0.2) is 14.3 Å². The van der Waals surface area contributed by atoms with Crippen molar-refractivity contribution in [3.8, 4) is 5.69 Å². The molecular weight excluding hydrogens is 324 g/mol.